The molecule has 0 saturated carbocycles. The Morgan fingerprint density at radius 1 is 1.26 bits per heavy atom. The van der Waals surface area contributed by atoms with Gasteiger partial charge in [-0.25, -0.2) is 4.39 Å². The first-order valence-electron chi connectivity index (χ1n) is 7.66. The Labute approximate surface area is 134 Å². The molecule has 2 N–H and O–H groups in total. The summed E-state index contributed by atoms with van der Waals surface area (Å²) in [6.45, 7) is 3.03. The van der Waals surface area contributed by atoms with Gasteiger partial charge < -0.3 is 10.6 Å². The normalized spacial score (nSPS) is 16.4. The molecule has 0 spiro atoms. The van der Waals surface area contributed by atoms with Gasteiger partial charge in [0.2, 0.25) is 5.91 Å². The van der Waals surface area contributed by atoms with Crippen molar-refractivity contribution in [2.75, 3.05) is 17.2 Å². The highest BCUT2D eigenvalue weighted by Gasteiger charge is 2.29. The number of hydrogen-bond donors (Lipinski definition) is 2. The first kappa shape index (κ1) is 15.2. The number of carbonyl (C=O) groups excluding carboxylic acids is 1. The van der Waals surface area contributed by atoms with E-state index in [-0.39, 0.29) is 11.7 Å². The van der Waals surface area contributed by atoms with Gasteiger partial charge in [0.05, 0.1) is 5.69 Å². The van der Waals surface area contributed by atoms with E-state index < -0.39 is 5.92 Å². The summed E-state index contributed by atoms with van der Waals surface area (Å²) in [6, 6.07) is 11.9. The molecule has 1 aliphatic rings. The highest BCUT2D eigenvalue weighted by Crippen LogP contribution is 2.32. The molecule has 1 unspecified atom stereocenters. The zero-order valence-corrected chi connectivity index (χ0v) is 12.8. The SMILES string of the molecule is CCCNc1ccc(N=CC2C(=O)Nc3ccc(F)cc32)cc1. The van der Waals surface area contributed by atoms with Crippen LogP contribution >= 0.6 is 0 Å². The highest BCUT2D eigenvalue weighted by molar-refractivity contribution is 6.12. The van der Waals surface area contributed by atoms with Crippen molar-refractivity contribution in [3.05, 3.63) is 53.8 Å². The zero-order valence-electron chi connectivity index (χ0n) is 12.8. The summed E-state index contributed by atoms with van der Waals surface area (Å²) in [4.78, 5) is 16.4. The second-order valence-corrected chi connectivity index (χ2v) is 5.45. The van der Waals surface area contributed by atoms with Crippen molar-refractivity contribution in [3.8, 4) is 0 Å². The molecule has 1 heterocycles. The molecular formula is C18H18FN3O. The summed E-state index contributed by atoms with van der Waals surface area (Å²) in [5.41, 5.74) is 3.06. The molecule has 23 heavy (non-hydrogen) atoms. The maximum atomic E-state index is 13.4. The maximum Gasteiger partial charge on any atom is 0.237 e. The molecule has 1 amide bonds. The molecule has 0 fully saturated rings. The number of halogens is 1. The number of fused-ring (bicyclic) bond motifs is 1. The Bertz CT molecular complexity index is 740. The summed E-state index contributed by atoms with van der Waals surface area (Å²) < 4.78 is 13.4. The van der Waals surface area contributed by atoms with E-state index in [2.05, 4.69) is 22.5 Å². The third-order valence-electron chi connectivity index (χ3n) is 3.71. The minimum Gasteiger partial charge on any atom is -0.385 e. The van der Waals surface area contributed by atoms with Gasteiger partial charge in [-0.3, -0.25) is 9.79 Å². The van der Waals surface area contributed by atoms with Gasteiger partial charge in [0.15, 0.2) is 0 Å². The van der Waals surface area contributed by atoms with E-state index in [1.54, 1.807) is 12.3 Å². The molecule has 1 atom stereocenters. The van der Waals surface area contributed by atoms with E-state index in [0.717, 1.165) is 24.3 Å². The van der Waals surface area contributed by atoms with Crippen molar-refractivity contribution in [1.29, 1.82) is 0 Å². The fourth-order valence-corrected chi connectivity index (χ4v) is 2.50. The van der Waals surface area contributed by atoms with Crippen LogP contribution in [0.5, 0.6) is 0 Å². The summed E-state index contributed by atoms with van der Waals surface area (Å²) in [5, 5.41) is 6.02. The molecule has 118 valence electrons. The number of aliphatic imine (C=N–C) groups is 1. The van der Waals surface area contributed by atoms with Crippen LogP contribution in [0.2, 0.25) is 0 Å². The second kappa shape index (κ2) is 6.60. The van der Waals surface area contributed by atoms with E-state index in [4.69, 9.17) is 0 Å². The minimum atomic E-state index is -0.557. The topological polar surface area (TPSA) is 53.5 Å². The fourth-order valence-electron chi connectivity index (χ4n) is 2.50. The molecule has 1 aliphatic heterocycles. The molecule has 0 radical (unpaired) electrons. The number of nitrogens with one attached hydrogen (secondary N) is 2. The van der Waals surface area contributed by atoms with Gasteiger partial charge in [-0.05, 0) is 54.4 Å². The number of anilines is 2. The number of carbonyl (C=O) groups is 1. The number of benzene rings is 2. The van der Waals surface area contributed by atoms with E-state index >= 15 is 0 Å². The van der Waals surface area contributed by atoms with Crippen LogP contribution in [0.15, 0.2) is 47.5 Å². The minimum absolute atomic E-state index is 0.185. The van der Waals surface area contributed by atoms with E-state index in [0.29, 0.717) is 11.3 Å². The average molecular weight is 311 g/mol. The Hall–Kier alpha value is -2.69. The van der Waals surface area contributed by atoms with Crippen LogP contribution in [0.4, 0.5) is 21.5 Å². The molecule has 2 aromatic carbocycles. The maximum absolute atomic E-state index is 13.4. The molecule has 4 nitrogen and oxygen atoms in total. The van der Waals surface area contributed by atoms with Gasteiger partial charge in [-0.15, -0.1) is 0 Å². The standard InChI is InChI=1S/C18H18FN3O/c1-2-9-20-13-4-6-14(7-5-13)21-11-16-15-10-12(19)3-8-17(15)22-18(16)23/h3-8,10-11,16,20H,2,9H2,1H3,(H,22,23). The summed E-state index contributed by atoms with van der Waals surface area (Å²) in [6.07, 6.45) is 2.63. The van der Waals surface area contributed by atoms with Crippen molar-refractivity contribution < 1.29 is 9.18 Å². The van der Waals surface area contributed by atoms with E-state index in [1.165, 1.54) is 12.1 Å². The molecule has 0 saturated heterocycles. The lowest BCUT2D eigenvalue weighted by molar-refractivity contribution is -0.115. The smallest absolute Gasteiger partial charge is 0.237 e. The summed E-state index contributed by atoms with van der Waals surface area (Å²) in [7, 11) is 0. The lowest BCUT2D eigenvalue weighted by atomic mass is 10.0. The van der Waals surface area contributed by atoms with E-state index in [1.807, 2.05) is 24.3 Å². The van der Waals surface area contributed by atoms with Gasteiger partial charge >= 0.3 is 0 Å². The Morgan fingerprint density at radius 3 is 2.78 bits per heavy atom. The van der Waals surface area contributed by atoms with Crippen LogP contribution < -0.4 is 10.6 Å². The predicted molar refractivity (Wildman–Crippen MR) is 91.1 cm³/mol. The van der Waals surface area contributed by atoms with Gasteiger partial charge in [0.25, 0.3) is 0 Å². The van der Waals surface area contributed by atoms with Gasteiger partial charge in [-0.2, -0.15) is 0 Å². The third-order valence-corrected chi connectivity index (χ3v) is 3.71. The summed E-state index contributed by atoms with van der Waals surface area (Å²) in [5.74, 6) is -1.10. The highest BCUT2D eigenvalue weighted by atomic mass is 19.1. The quantitative estimate of drug-likeness (QED) is 0.817. The predicted octanol–water partition coefficient (Wildman–Crippen LogP) is 4.09. The average Bonchev–Trinajstić information content (AvgIpc) is 2.87. The molecule has 5 heteroatoms. The molecule has 0 aromatic heterocycles. The molecule has 3 rings (SSSR count). The summed E-state index contributed by atoms with van der Waals surface area (Å²) >= 11 is 0. The molecule has 2 aromatic rings. The van der Waals surface area contributed by atoms with Crippen molar-refractivity contribution in [2.45, 2.75) is 19.3 Å². The lowest BCUT2D eigenvalue weighted by Crippen LogP contribution is -2.12. The number of nitrogens with zero attached hydrogens (tertiary/aromatic N) is 1. The number of amides is 1. The van der Waals surface area contributed by atoms with Crippen LogP contribution in [0, 0.1) is 5.82 Å². The van der Waals surface area contributed by atoms with Crippen LogP contribution in [-0.2, 0) is 4.79 Å². The zero-order chi connectivity index (χ0) is 16.2. The monoisotopic (exact) mass is 311 g/mol. The first-order valence-corrected chi connectivity index (χ1v) is 7.66. The Balaban J connectivity index is 1.75. The molecule has 0 aliphatic carbocycles. The van der Waals surface area contributed by atoms with Crippen molar-refractivity contribution in [1.82, 2.24) is 0 Å². The largest absolute Gasteiger partial charge is 0.385 e. The van der Waals surface area contributed by atoms with Crippen molar-refractivity contribution in [3.63, 3.8) is 0 Å². The number of rotatable bonds is 5. The van der Waals surface area contributed by atoms with Gasteiger partial charge in [0.1, 0.15) is 11.7 Å². The molecular weight excluding hydrogens is 293 g/mol. The van der Waals surface area contributed by atoms with E-state index in [9.17, 15) is 9.18 Å². The lowest BCUT2D eigenvalue weighted by Gasteiger charge is -2.05. The fraction of sp³-hybridized carbons (Fsp3) is 0.222. The Morgan fingerprint density at radius 2 is 2.04 bits per heavy atom. The van der Waals surface area contributed by atoms with Crippen molar-refractivity contribution >= 4 is 29.2 Å². The second-order valence-electron chi connectivity index (χ2n) is 5.45. The van der Waals surface area contributed by atoms with Crippen molar-refractivity contribution in [2.24, 2.45) is 4.99 Å². The van der Waals surface area contributed by atoms with Gasteiger partial charge in [0, 0.05) is 24.1 Å². The third kappa shape index (κ3) is 3.39. The first-order chi connectivity index (χ1) is 11.2. The van der Waals surface area contributed by atoms with Crippen LogP contribution in [0.3, 0.4) is 0 Å². The van der Waals surface area contributed by atoms with Crippen LogP contribution in [-0.4, -0.2) is 18.7 Å². The van der Waals surface area contributed by atoms with Crippen LogP contribution in [0.1, 0.15) is 24.8 Å². The number of hydrogen-bond acceptors (Lipinski definition) is 3. The van der Waals surface area contributed by atoms with Crippen LogP contribution in [0.25, 0.3) is 0 Å². The Kier molecular flexibility index (Phi) is 4.37. The van der Waals surface area contributed by atoms with Gasteiger partial charge in [-0.1, -0.05) is 6.92 Å². The molecule has 0 bridgehead atoms.